The number of nitrogens with zero attached hydrogens (tertiary/aromatic N) is 1. The summed E-state index contributed by atoms with van der Waals surface area (Å²) in [5, 5.41) is 2.82. The average molecular weight is 467 g/mol. The van der Waals surface area contributed by atoms with Crippen LogP contribution in [0.25, 0.3) is 0 Å². The molecule has 8 heteroatoms. The number of carbonyl (C=O) groups is 1. The molecule has 1 aliphatic rings. The first-order chi connectivity index (χ1) is 15.8. The summed E-state index contributed by atoms with van der Waals surface area (Å²) in [5.74, 6) is 0.415. The lowest BCUT2D eigenvalue weighted by atomic mass is 10.1. The van der Waals surface area contributed by atoms with Crippen LogP contribution >= 0.6 is 0 Å². The Morgan fingerprint density at radius 2 is 1.76 bits per heavy atom. The van der Waals surface area contributed by atoms with E-state index >= 15 is 0 Å². The fraction of sp³-hybridized carbons (Fsp3) is 0.240. The van der Waals surface area contributed by atoms with Gasteiger partial charge in [-0.05, 0) is 62.7 Å². The molecule has 3 aromatic rings. The van der Waals surface area contributed by atoms with Gasteiger partial charge in [0.1, 0.15) is 11.5 Å². The number of benzene rings is 3. The number of hydrogen-bond donors (Lipinski definition) is 1. The maximum absolute atomic E-state index is 13.5. The second-order valence-corrected chi connectivity index (χ2v) is 9.71. The minimum atomic E-state index is -3.91. The van der Waals surface area contributed by atoms with E-state index < -0.39 is 22.0 Å². The van der Waals surface area contributed by atoms with Gasteiger partial charge in [0.2, 0.25) is 0 Å². The topological polar surface area (TPSA) is 84.9 Å². The van der Waals surface area contributed by atoms with Crippen molar-refractivity contribution >= 4 is 27.3 Å². The first-order valence-electron chi connectivity index (χ1n) is 10.7. The number of amides is 1. The highest BCUT2D eigenvalue weighted by Gasteiger charge is 2.37. The van der Waals surface area contributed by atoms with E-state index in [1.54, 1.807) is 54.6 Å². The maximum Gasteiger partial charge on any atom is 0.267 e. The van der Waals surface area contributed by atoms with Gasteiger partial charge in [0, 0.05) is 0 Å². The molecule has 0 saturated carbocycles. The van der Waals surface area contributed by atoms with Gasteiger partial charge in [-0.1, -0.05) is 35.9 Å². The zero-order valence-corrected chi connectivity index (χ0v) is 19.6. The number of rotatable bonds is 6. The SMILES string of the molecule is CCOc1ccccc1NC(=O)[C@H]1CN(S(=O)(=O)c2ccc(C)cc2)c2ccc(C)cc2O1. The predicted molar refractivity (Wildman–Crippen MR) is 128 cm³/mol. The van der Waals surface area contributed by atoms with Crippen LogP contribution in [0, 0.1) is 13.8 Å². The lowest BCUT2D eigenvalue weighted by Crippen LogP contribution is -2.48. The summed E-state index contributed by atoms with van der Waals surface area (Å²) in [6.45, 7) is 5.92. The van der Waals surface area contributed by atoms with Crippen LogP contribution in [-0.2, 0) is 14.8 Å². The molecular formula is C25H26N2O5S. The zero-order valence-electron chi connectivity index (χ0n) is 18.7. The first-order valence-corrected chi connectivity index (χ1v) is 12.1. The Morgan fingerprint density at radius 3 is 2.48 bits per heavy atom. The van der Waals surface area contributed by atoms with E-state index in [9.17, 15) is 13.2 Å². The van der Waals surface area contributed by atoms with Gasteiger partial charge in [0.05, 0.1) is 29.4 Å². The molecule has 1 aliphatic heterocycles. The van der Waals surface area contributed by atoms with Gasteiger partial charge >= 0.3 is 0 Å². The first kappa shape index (κ1) is 22.7. The van der Waals surface area contributed by atoms with Gasteiger partial charge in [-0.25, -0.2) is 8.42 Å². The Labute approximate surface area is 194 Å². The van der Waals surface area contributed by atoms with Crippen LogP contribution in [-0.4, -0.2) is 33.6 Å². The molecule has 1 N–H and O–H groups in total. The number of fused-ring (bicyclic) bond motifs is 1. The number of sulfonamides is 1. The van der Waals surface area contributed by atoms with Crippen molar-refractivity contribution in [3.63, 3.8) is 0 Å². The minimum Gasteiger partial charge on any atom is -0.492 e. The number of carbonyl (C=O) groups excluding carboxylic acids is 1. The van der Waals surface area contributed by atoms with Crippen molar-refractivity contribution in [3.05, 3.63) is 77.9 Å². The van der Waals surface area contributed by atoms with E-state index in [1.807, 2.05) is 32.9 Å². The molecule has 0 radical (unpaired) electrons. The Hall–Kier alpha value is -3.52. The highest BCUT2D eigenvalue weighted by molar-refractivity contribution is 7.92. The van der Waals surface area contributed by atoms with Crippen molar-refractivity contribution in [1.82, 2.24) is 0 Å². The molecule has 0 bridgehead atoms. The van der Waals surface area contributed by atoms with Crippen LogP contribution in [0.2, 0.25) is 0 Å². The molecule has 3 aromatic carbocycles. The second kappa shape index (κ2) is 9.15. The molecule has 0 spiro atoms. The smallest absolute Gasteiger partial charge is 0.267 e. The standard InChI is InChI=1S/C25H26N2O5S/c1-4-31-22-8-6-5-7-20(22)26-25(28)24-16-27(21-14-11-18(3)15-23(21)32-24)33(29,30)19-12-9-17(2)10-13-19/h5-15,24H,4,16H2,1-3H3,(H,26,28)/t24-/m1/s1. The van der Waals surface area contributed by atoms with Crippen molar-refractivity contribution in [2.24, 2.45) is 0 Å². The van der Waals surface area contributed by atoms with Gasteiger partial charge in [0.15, 0.2) is 6.10 Å². The van der Waals surface area contributed by atoms with Crippen molar-refractivity contribution in [1.29, 1.82) is 0 Å². The van der Waals surface area contributed by atoms with E-state index in [-0.39, 0.29) is 11.4 Å². The normalized spacial score (nSPS) is 15.4. The molecule has 1 amide bonds. The van der Waals surface area contributed by atoms with Crippen molar-refractivity contribution in [2.75, 3.05) is 22.8 Å². The third kappa shape index (κ3) is 4.66. The average Bonchev–Trinajstić information content (AvgIpc) is 2.79. The van der Waals surface area contributed by atoms with Crippen LogP contribution < -0.4 is 19.1 Å². The molecule has 0 fully saturated rings. The second-order valence-electron chi connectivity index (χ2n) is 7.85. The fourth-order valence-electron chi connectivity index (χ4n) is 3.63. The van der Waals surface area contributed by atoms with Gasteiger partial charge in [-0.2, -0.15) is 0 Å². The summed E-state index contributed by atoms with van der Waals surface area (Å²) in [5.41, 5.74) is 2.75. The Kier molecular flexibility index (Phi) is 6.29. The monoisotopic (exact) mass is 466 g/mol. The third-order valence-corrected chi connectivity index (χ3v) is 7.12. The molecule has 172 valence electrons. The molecular weight excluding hydrogens is 440 g/mol. The number of para-hydroxylation sites is 2. The molecule has 0 aromatic heterocycles. The Morgan fingerprint density at radius 1 is 1.06 bits per heavy atom. The van der Waals surface area contributed by atoms with Crippen molar-refractivity contribution in [3.8, 4) is 11.5 Å². The Bertz CT molecular complexity index is 1270. The number of ether oxygens (including phenoxy) is 2. The van der Waals surface area contributed by atoms with Crippen LogP contribution in [0.5, 0.6) is 11.5 Å². The molecule has 7 nitrogen and oxygen atoms in total. The van der Waals surface area contributed by atoms with Gasteiger partial charge in [-0.15, -0.1) is 0 Å². The largest absolute Gasteiger partial charge is 0.492 e. The molecule has 1 heterocycles. The summed E-state index contributed by atoms with van der Waals surface area (Å²) in [6.07, 6.45) is -1.05. The van der Waals surface area contributed by atoms with E-state index in [2.05, 4.69) is 5.32 Å². The predicted octanol–water partition coefficient (Wildman–Crippen LogP) is 4.30. The summed E-state index contributed by atoms with van der Waals surface area (Å²) in [4.78, 5) is 13.3. The van der Waals surface area contributed by atoms with E-state index in [0.717, 1.165) is 11.1 Å². The summed E-state index contributed by atoms with van der Waals surface area (Å²) >= 11 is 0. The van der Waals surface area contributed by atoms with Crippen LogP contribution in [0.1, 0.15) is 18.1 Å². The lowest BCUT2D eigenvalue weighted by Gasteiger charge is -2.35. The quantitative estimate of drug-likeness (QED) is 0.586. The highest BCUT2D eigenvalue weighted by atomic mass is 32.2. The van der Waals surface area contributed by atoms with Gasteiger partial charge < -0.3 is 14.8 Å². The van der Waals surface area contributed by atoms with E-state index in [1.165, 1.54) is 4.31 Å². The van der Waals surface area contributed by atoms with Gasteiger partial charge in [0.25, 0.3) is 15.9 Å². The molecule has 0 unspecified atom stereocenters. The summed E-state index contributed by atoms with van der Waals surface area (Å²) < 4.78 is 39.9. The molecule has 1 atom stereocenters. The molecule has 0 aliphatic carbocycles. The maximum atomic E-state index is 13.5. The number of anilines is 2. The van der Waals surface area contributed by atoms with Crippen molar-refractivity contribution < 1.29 is 22.7 Å². The van der Waals surface area contributed by atoms with E-state index in [4.69, 9.17) is 9.47 Å². The Balaban J connectivity index is 1.68. The number of hydrogen-bond acceptors (Lipinski definition) is 5. The van der Waals surface area contributed by atoms with Crippen molar-refractivity contribution in [2.45, 2.75) is 31.8 Å². The summed E-state index contributed by atoms with van der Waals surface area (Å²) in [7, 11) is -3.91. The highest BCUT2D eigenvalue weighted by Crippen LogP contribution is 2.38. The number of aryl methyl sites for hydroxylation is 2. The van der Waals surface area contributed by atoms with Crippen LogP contribution in [0.4, 0.5) is 11.4 Å². The zero-order chi connectivity index (χ0) is 23.6. The van der Waals surface area contributed by atoms with E-state index in [0.29, 0.717) is 29.5 Å². The molecule has 4 rings (SSSR count). The minimum absolute atomic E-state index is 0.155. The van der Waals surface area contributed by atoms with Crippen LogP contribution in [0.3, 0.4) is 0 Å². The molecule has 33 heavy (non-hydrogen) atoms. The van der Waals surface area contributed by atoms with Crippen LogP contribution in [0.15, 0.2) is 71.6 Å². The van der Waals surface area contributed by atoms with Gasteiger partial charge in [-0.3, -0.25) is 9.10 Å². The fourth-order valence-corrected chi connectivity index (χ4v) is 5.10. The lowest BCUT2D eigenvalue weighted by molar-refractivity contribution is -0.122. The molecule has 0 saturated heterocycles. The summed E-state index contributed by atoms with van der Waals surface area (Å²) in [6, 6.07) is 19.0. The third-order valence-electron chi connectivity index (χ3n) is 5.33. The number of nitrogens with one attached hydrogen (secondary N) is 1.